The van der Waals surface area contributed by atoms with Gasteiger partial charge in [0.25, 0.3) is 0 Å². The minimum atomic E-state index is 0.102. The minimum absolute atomic E-state index is 0.102. The SMILES string of the molecule is Cc1c(C)n2ccc(=O)c3cccc1c32. The molecule has 2 aromatic heterocycles. The zero-order chi connectivity index (χ0) is 10.6. The number of benzene rings is 1. The summed E-state index contributed by atoms with van der Waals surface area (Å²) in [6, 6.07) is 7.55. The second-order valence-electron chi connectivity index (χ2n) is 3.96. The number of para-hydroxylation sites is 1. The molecule has 0 fully saturated rings. The van der Waals surface area contributed by atoms with Crippen molar-refractivity contribution in [3.63, 3.8) is 0 Å². The Morgan fingerprint density at radius 1 is 1.07 bits per heavy atom. The van der Waals surface area contributed by atoms with Crippen molar-refractivity contribution in [3.8, 4) is 0 Å². The lowest BCUT2D eigenvalue weighted by Gasteiger charge is -1.99. The molecule has 0 unspecified atom stereocenters. The summed E-state index contributed by atoms with van der Waals surface area (Å²) in [4.78, 5) is 11.7. The molecule has 15 heavy (non-hydrogen) atoms. The molecule has 2 heterocycles. The van der Waals surface area contributed by atoms with Crippen LogP contribution in [0.3, 0.4) is 0 Å². The number of rotatable bonds is 0. The number of aromatic nitrogens is 1. The molecule has 74 valence electrons. The number of hydrogen-bond donors (Lipinski definition) is 0. The largest absolute Gasteiger partial charge is 0.319 e. The maximum absolute atomic E-state index is 11.7. The molecule has 0 saturated carbocycles. The minimum Gasteiger partial charge on any atom is -0.319 e. The van der Waals surface area contributed by atoms with Crippen LogP contribution in [-0.4, -0.2) is 4.40 Å². The Bertz CT molecular complexity index is 688. The molecule has 0 aliphatic carbocycles. The van der Waals surface area contributed by atoms with Crippen molar-refractivity contribution in [2.24, 2.45) is 0 Å². The van der Waals surface area contributed by atoms with E-state index in [-0.39, 0.29) is 5.43 Å². The van der Waals surface area contributed by atoms with Crippen LogP contribution >= 0.6 is 0 Å². The van der Waals surface area contributed by atoms with Crippen LogP contribution in [0.2, 0.25) is 0 Å². The molecule has 0 atom stereocenters. The third-order valence-electron chi connectivity index (χ3n) is 3.23. The predicted molar refractivity (Wildman–Crippen MR) is 61.8 cm³/mol. The van der Waals surface area contributed by atoms with Crippen LogP contribution in [0.15, 0.2) is 35.3 Å². The molecule has 3 rings (SSSR count). The Hall–Kier alpha value is -1.83. The zero-order valence-corrected chi connectivity index (χ0v) is 8.74. The molecule has 3 aromatic rings. The molecule has 0 N–H and O–H groups in total. The van der Waals surface area contributed by atoms with Crippen LogP contribution in [0, 0.1) is 13.8 Å². The van der Waals surface area contributed by atoms with E-state index >= 15 is 0 Å². The lowest BCUT2D eigenvalue weighted by molar-refractivity contribution is 1.10. The molecule has 1 aromatic carbocycles. The van der Waals surface area contributed by atoms with Gasteiger partial charge in [0, 0.05) is 28.7 Å². The molecule has 0 radical (unpaired) electrons. The summed E-state index contributed by atoms with van der Waals surface area (Å²) < 4.78 is 2.10. The first-order chi connectivity index (χ1) is 7.20. The van der Waals surface area contributed by atoms with E-state index < -0.39 is 0 Å². The highest BCUT2D eigenvalue weighted by molar-refractivity contribution is 5.98. The highest BCUT2D eigenvalue weighted by atomic mass is 16.1. The fraction of sp³-hybridized carbons (Fsp3) is 0.154. The first-order valence-corrected chi connectivity index (χ1v) is 5.03. The summed E-state index contributed by atoms with van der Waals surface area (Å²) in [5, 5.41) is 1.99. The van der Waals surface area contributed by atoms with Gasteiger partial charge in [-0.3, -0.25) is 4.79 Å². The van der Waals surface area contributed by atoms with Gasteiger partial charge in [0.15, 0.2) is 5.43 Å². The smallest absolute Gasteiger partial charge is 0.189 e. The normalized spacial score (nSPS) is 11.6. The summed E-state index contributed by atoms with van der Waals surface area (Å²) in [6.07, 6.45) is 1.86. The lowest BCUT2D eigenvalue weighted by atomic mass is 10.1. The average molecular weight is 197 g/mol. The molecule has 0 aliphatic heterocycles. The van der Waals surface area contributed by atoms with Crippen molar-refractivity contribution >= 4 is 16.3 Å². The van der Waals surface area contributed by atoms with Crippen molar-refractivity contribution < 1.29 is 0 Å². The first kappa shape index (κ1) is 8.48. The summed E-state index contributed by atoms with van der Waals surface area (Å²) in [6.45, 7) is 4.18. The first-order valence-electron chi connectivity index (χ1n) is 5.03. The third kappa shape index (κ3) is 0.911. The Labute approximate surface area is 87.1 Å². The molecule has 0 spiro atoms. The van der Waals surface area contributed by atoms with Crippen LogP contribution in [-0.2, 0) is 0 Å². The van der Waals surface area contributed by atoms with E-state index in [9.17, 15) is 4.79 Å². The van der Waals surface area contributed by atoms with E-state index in [4.69, 9.17) is 0 Å². The van der Waals surface area contributed by atoms with Gasteiger partial charge in [-0.1, -0.05) is 12.1 Å². The van der Waals surface area contributed by atoms with Gasteiger partial charge < -0.3 is 4.40 Å². The average Bonchev–Trinajstić information content (AvgIpc) is 2.50. The fourth-order valence-corrected chi connectivity index (χ4v) is 2.27. The quantitative estimate of drug-likeness (QED) is 0.542. The van der Waals surface area contributed by atoms with Crippen molar-refractivity contribution in [3.05, 3.63) is 51.9 Å². The van der Waals surface area contributed by atoms with Crippen LogP contribution in [0.1, 0.15) is 11.3 Å². The number of hydrogen-bond acceptors (Lipinski definition) is 1. The highest BCUT2D eigenvalue weighted by Crippen LogP contribution is 2.26. The molecule has 0 aliphatic rings. The fourth-order valence-electron chi connectivity index (χ4n) is 2.27. The molecule has 0 saturated heterocycles. The van der Waals surface area contributed by atoms with Gasteiger partial charge in [-0.2, -0.15) is 0 Å². The van der Waals surface area contributed by atoms with Gasteiger partial charge in [0.1, 0.15) is 0 Å². The monoisotopic (exact) mass is 197 g/mol. The van der Waals surface area contributed by atoms with Gasteiger partial charge in [-0.15, -0.1) is 0 Å². The summed E-state index contributed by atoms with van der Waals surface area (Å²) in [7, 11) is 0. The number of nitrogens with zero attached hydrogens (tertiary/aromatic N) is 1. The van der Waals surface area contributed by atoms with E-state index in [1.165, 1.54) is 16.6 Å². The second-order valence-corrected chi connectivity index (χ2v) is 3.96. The van der Waals surface area contributed by atoms with E-state index in [2.05, 4.69) is 24.3 Å². The van der Waals surface area contributed by atoms with Crippen LogP contribution in [0.5, 0.6) is 0 Å². The molecular weight excluding hydrogens is 186 g/mol. The molecule has 0 amide bonds. The van der Waals surface area contributed by atoms with Crippen molar-refractivity contribution in [2.45, 2.75) is 13.8 Å². The van der Waals surface area contributed by atoms with Crippen LogP contribution in [0.4, 0.5) is 0 Å². The zero-order valence-electron chi connectivity index (χ0n) is 8.74. The highest BCUT2D eigenvalue weighted by Gasteiger charge is 2.11. The van der Waals surface area contributed by atoms with Crippen LogP contribution in [0.25, 0.3) is 16.3 Å². The van der Waals surface area contributed by atoms with E-state index in [0.717, 1.165) is 10.9 Å². The van der Waals surface area contributed by atoms with Crippen molar-refractivity contribution in [2.75, 3.05) is 0 Å². The maximum Gasteiger partial charge on any atom is 0.189 e. The topological polar surface area (TPSA) is 21.5 Å². The summed E-state index contributed by atoms with van der Waals surface area (Å²) in [5.74, 6) is 0. The predicted octanol–water partition coefficient (Wildman–Crippen LogP) is 2.51. The summed E-state index contributed by atoms with van der Waals surface area (Å²) in [5.41, 5.74) is 3.62. The van der Waals surface area contributed by atoms with E-state index in [1.54, 1.807) is 6.07 Å². The third-order valence-corrected chi connectivity index (χ3v) is 3.23. The van der Waals surface area contributed by atoms with Gasteiger partial charge in [0.2, 0.25) is 0 Å². The second kappa shape index (κ2) is 2.60. The van der Waals surface area contributed by atoms with Crippen LogP contribution < -0.4 is 5.43 Å². The molecular formula is C13H11NO. The Morgan fingerprint density at radius 3 is 2.60 bits per heavy atom. The number of pyridine rings is 1. The molecule has 0 bridgehead atoms. The molecule has 2 nitrogen and oxygen atoms in total. The van der Waals surface area contributed by atoms with Gasteiger partial charge in [0.05, 0.1) is 5.52 Å². The van der Waals surface area contributed by atoms with E-state index in [1.807, 2.05) is 18.3 Å². The maximum atomic E-state index is 11.7. The van der Waals surface area contributed by atoms with Crippen molar-refractivity contribution in [1.29, 1.82) is 0 Å². The lowest BCUT2D eigenvalue weighted by Crippen LogP contribution is -2.01. The summed E-state index contributed by atoms with van der Waals surface area (Å²) >= 11 is 0. The Balaban J connectivity index is 2.80. The van der Waals surface area contributed by atoms with Gasteiger partial charge in [-0.25, -0.2) is 0 Å². The number of aryl methyl sites for hydroxylation is 2. The molecule has 2 heteroatoms. The standard InChI is InChI=1S/C13H11NO/c1-8-9(2)14-7-6-12(15)11-5-3-4-10(8)13(11)14/h3-7H,1-2H3. The van der Waals surface area contributed by atoms with Gasteiger partial charge in [-0.05, 0) is 25.5 Å². The van der Waals surface area contributed by atoms with E-state index in [0.29, 0.717) is 0 Å². The van der Waals surface area contributed by atoms with Crippen molar-refractivity contribution in [1.82, 2.24) is 4.40 Å². The Kier molecular flexibility index (Phi) is 1.47. The Morgan fingerprint density at radius 2 is 1.80 bits per heavy atom. The van der Waals surface area contributed by atoms with Gasteiger partial charge >= 0.3 is 0 Å².